The van der Waals surface area contributed by atoms with Gasteiger partial charge in [0, 0.05) is 24.3 Å². The number of esters is 4. The summed E-state index contributed by atoms with van der Waals surface area (Å²) in [6.45, 7) is 8.56. The molecule has 10 nitrogen and oxygen atoms in total. The maximum atomic E-state index is 14.8. The van der Waals surface area contributed by atoms with Crippen LogP contribution in [0.25, 0.3) is 0 Å². The lowest BCUT2D eigenvalue weighted by Gasteiger charge is -2.11. The molecule has 302 valence electrons. The van der Waals surface area contributed by atoms with Crippen LogP contribution in [0.5, 0.6) is 23.0 Å². The van der Waals surface area contributed by atoms with Gasteiger partial charge in [-0.3, -0.25) is 0 Å². The van der Waals surface area contributed by atoms with E-state index in [1.165, 1.54) is 24.3 Å². The van der Waals surface area contributed by atoms with Crippen molar-refractivity contribution in [1.29, 1.82) is 0 Å². The molecule has 0 amide bonds. The molecule has 0 aromatic heterocycles. The van der Waals surface area contributed by atoms with Crippen LogP contribution in [0.1, 0.15) is 111 Å². The minimum Gasteiger partial charge on any atom is -0.494 e. The van der Waals surface area contributed by atoms with E-state index in [0.717, 1.165) is 114 Å². The van der Waals surface area contributed by atoms with Gasteiger partial charge in [0.25, 0.3) is 0 Å². The van der Waals surface area contributed by atoms with E-state index >= 15 is 0 Å². The van der Waals surface area contributed by atoms with Crippen LogP contribution in [0.2, 0.25) is 0 Å². The van der Waals surface area contributed by atoms with Gasteiger partial charge in [-0.25, -0.2) is 28.0 Å². The molecule has 0 radical (unpaired) electrons. The van der Waals surface area contributed by atoms with Gasteiger partial charge in [0.05, 0.1) is 37.6 Å². The van der Waals surface area contributed by atoms with Crippen molar-refractivity contribution in [2.75, 3.05) is 26.4 Å². The number of ether oxygens (including phenoxy) is 6. The van der Waals surface area contributed by atoms with Crippen molar-refractivity contribution in [3.05, 3.63) is 109 Å². The fourth-order valence-electron chi connectivity index (χ4n) is 5.40. The van der Waals surface area contributed by atoms with Crippen LogP contribution >= 0.6 is 0 Å². The zero-order chi connectivity index (χ0) is 40.4. The second-order valence-electron chi connectivity index (χ2n) is 12.9. The zero-order valence-electron chi connectivity index (χ0n) is 31.9. The molecule has 0 aliphatic rings. The summed E-state index contributed by atoms with van der Waals surface area (Å²) in [5, 5.41) is 0. The van der Waals surface area contributed by atoms with Crippen LogP contribution in [-0.4, -0.2) is 50.3 Å². The van der Waals surface area contributed by atoms with E-state index in [1.54, 1.807) is 24.3 Å². The molecule has 0 N–H and O–H groups in total. The summed E-state index contributed by atoms with van der Waals surface area (Å²) in [5.74, 6) is -5.24. The summed E-state index contributed by atoms with van der Waals surface area (Å²) < 4.78 is 61.3. The van der Waals surface area contributed by atoms with Crippen LogP contribution < -0.4 is 18.9 Å². The fourth-order valence-corrected chi connectivity index (χ4v) is 5.40. The Bertz CT molecular complexity index is 1670. The number of carbonyl (C=O) groups excluding carboxylic acids is 4. The number of hydrogen-bond acceptors (Lipinski definition) is 10. The largest absolute Gasteiger partial charge is 0.494 e. The van der Waals surface area contributed by atoms with Crippen molar-refractivity contribution in [3.8, 4) is 23.0 Å². The summed E-state index contributed by atoms with van der Waals surface area (Å²) in [7, 11) is 0. The van der Waals surface area contributed by atoms with Crippen LogP contribution in [-0.2, 0) is 19.1 Å². The maximum absolute atomic E-state index is 14.8. The first kappa shape index (κ1) is 44.9. The van der Waals surface area contributed by atoms with Crippen molar-refractivity contribution in [3.63, 3.8) is 0 Å². The molecule has 0 aliphatic carbocycles. The molecule has 3 rings (SSSR count). The van der Waals surface area contributed by atoms with E-state index in [-0.39, 0.29) is 11.1 Å². The fraction of sp³-hybridized carbons (Fsp3) is 0.409. The minimum absolute atomic E-state index is 0.0623. The predicted octanol–water partition coefficient (Wildman–Crippen LogP) is 10.1. The smallest absolute Gasteiger partial charge is 0.343 e. The predicted molar refractivity (Wildman–Crippen MR) is 207 cm³/mol. The van der Waals surface area contributed by atoms with Gasteiger partial charge in [0.15, 0.2) is 11.6 Å². The number of carbonyl (C=O) groups is 4. The second-order valence-corrected chi connectivity index (χ2v) is 12.9. The highest BCUT2D eigenvalue weighted by Crippen LogP contribution is 2.29. The Balaban J connectivity index is 1.31. The third kappa shape index (κ3) is 17.7. The molecule has 0 aliphatic heterocycles. The lowest BCUT2D eigenvalue weighted by atomic mass is 10.1. The van der Waals surface area contributed by atoms with Crippen LogP contribution in [0.3, 0.4) is 0 Å². The molecule has 0 spiro atoms. The van der Waals surface area contributed by atoms with E-state index < -0.39 is 47.0 Å². The van der Waals surface area contributed by atoms with Gasteiger partial charge in [0.1, 0.15) is 17.2 Å². The Morgan fingerprint density at radius 3 is 1.18 bits per heavy atom. The van der Waals surface area contributed by atoms with Gasteiger partial charge in [-0.05, 0) is 74.2 Å². The standard InChI is InChI=1S/C44H52F2O10/c1-3-40(47)53-29-17-13-9-5-7-11-15-27-51-35-23-19-33(20-24-35)43(49)55-37-31-38(45)42(39(46)32-37)56-44(50)34-21-25-36(26-22-34)52-28-16-12-8-6-10-14-18-30-54-41(48)4-2/h3-4,19-26,31-32H,1-2,5-18,27-30H2. The topological polar surface area (TPSA) is 124 Å². The molecule has 0 bridgehead atoms. The molecule has 3 aromatic rings. The van der Waals surface area contributed by atoms with Gasteiger partial charge in [0.2, 0.25) is 5.75 Å². The third-order valence-electron chi connectivity index (χ3n) is 8.49. The Labute approximate surface area is 327 Å². The van der Waals surface area contributed by atoms with Crippen LogP contribution in [0, 0.1) is 11.6 Å². The van der Waals surface area contributed by atoms with Crippen LogP contribution in [0.15, 0.2) is 86.0 Å². The SMILES string of the molecule is C=CC(=O)OCCCCCCCCCOc1ccc(C(=O)Oc2cc(F)c(OC(=O)c3ccc(OCCCCCCCCCOC(=O)C=C)cc3)c(F)c2)cc1. The zero-order valence-corrected chi connectivity index (χ0v) is 31.9. The highest BCUT2D eigenvalue weighted by atomic mass is 19.1. The van der Waals surface area contributed by atoms with Crippen molar-refractivity contribution in [1.82, 2.24) is 0 Å². The Kier molecular flexibility index (Phi) is 21.1. The van der Waals surface area contributed by atoms with Gasteiger partial charge in [-0.15, -0.1) is 0 Å². The molecule has 0 atom stereocenters. The quantitative estimate of drug-likeness (QED) is 0.0305. The highest BCUT2D eigenvalue weighted by Gasteiger charge is 2.20. The Hall–Kier alpha value is -5.52. The monoisotopic (exact) mass is 778 g/mol. The van der Waals surface area contributed by atoms with Gasteiger partial charge < -0.3 is 28.4 Å². The molecular weight excluding hydrogens is 726 g/mol. The van der Waals surface area contributed by atoms with E-state index in [4.69, 9.17) is 28.4 Å². The van der Waals surface area contributed by atoms with E-state index in [2.05, 4.69) is 13.2 Å². The summed E-state index contributed by atoms with van der Waals surface area (Å²) in [6, 6.07) is 13.8. The van der Waals surface area contributed by atoms with E-state index in [9.17, 15) is 28.0 Å². The molecule has 0 fully saturated rings. The van der Waals surface area contributed by atoms with E-state index in [0.29, 0.717) is 37.9 Å². The molecule has 12 heteroatoms. The molecule has 0 saturated carbocycles. The first-order valence-electron chi connectivity index (χ1n) is 19.2. The Morgan fingerprint density at radius 2 is 0.804 bits per heavy atom. The first-order valence-corrected chi connectivity index (χ1v) is 19.2. The first-order chi connectivity index (χ1) is 27.2. The van der Waals surface area contributed by atoms with Crippen molar-refractivity contribution < 1.29 is 56.4 Å². The molecule has 0 saturated heterocycles. The highest BCUT2D eigenvalue weighted by molar-refractivity contribution is 5.92. The van der Waals surface area contributed by atoms with E-state index in [1.807, 2.05) is 0 Å². The molecule has 3 aromatic carbocycles. The maximum Gasteiger partial charge on any atom is 0.343 e. The minimum atomic E-state index is -1.22. The normalized spacial score (nSPS) is 10.6. The van der Waals surface area contributed by atoms with Gasteiger partial charge in [-0.1, -0.05) is 77.4 Å². The number of halogens is 2. The Morgan fingerprint density at radius 1 is 0.464 bits per heavy atom. The molecular formula is C44H52F2O10. The molecule has 56 heavy (non-hydrogen) atoms. The van der Waals surface area contributed by atoms with Crippen LogP contribution in [0.4, 0.5) is 8.78 Å². The summed E-state index contributed by atoms with van der Waals surface area (Å²) in [4.78, 5) is 47.3. The number of benzene rings is 3. The average Bonchev–Trinajstić information content (AvgIpc) is 3.20. The van der Waals surface area contributed by atoms with Gasteiger partial charge in [-0.2, -0.15) is 0 Å². The van der Waals surface area contributed by atoms with Gasteiger partial charge >= 0.3 is 23.9 Å². The summed E-state index contributed by atoms with van der Waals surface area (Å²) in [6.07, 6.45) is 16.1. The second kappa shape index (κ2) is 26.3. The third-order valence-corrected chi connectivity index (χ3v) is 8.49. The lowest BCUT2D eigenvalue weighted by Crippen LogP contribution is -2.12. The summed E-state index contributed by atoms with van der Waals surface area (Å²) in [5.41, 5.74) is 0.210. The molecule has 0 heterocycles. The van der Waals surface area contributed by atoms with Crippen molar-refractivity contribution >= 4 is 23.9 Å². The average molecular weight is 779 g/mol. The van der Waals surface area contributed by atoms with Crippen molar-refractivity contribution in [2.24, 2.45) is 0 Å². The summed E-state index contributed by atoms with van der Waals surface area (Å²) >= 11 is 0. The van der Waals surface area contributed by atoms with Crippen molar-refractivity contribution in [2.45, 2.75) is 89.9 Å². The number of rotatable bonds is 28. The number of hydrogen-bond donors (Lipinski definition) is 0. The molecule has 0 unspecified atom stereocenters. The lowest BCUT2D eigenvalue weighted by molar-refractivity contribution is -0.138. The number of unbranched alkanes of at least 4 members (excludes halogenated alkanes) is 12.